The molecule has 0 atom stereocenters. The summed E-state index contributed by atoms with van der Waals surface area (Å²) >= 11 is 3.09. The highest BCUT2D eigenvalue weighted by atomic mass is 79.9. The van der Waals surface area contributed by atoms with Gasteiger partial charge < -0.3 is 9.26 Å². The van der Waals surface area contributed by atoms with Crippen LogP contribution in [0.15, 0.2) is 45.4 Å². The largest absolute Gasteiger partial charge is 0.452 e. The molecule has 0 radical (unpaired) electrons. The third kappa shape index (κ3) is 3.90. The van der Waals surface area contributed by atoms with Gasteiger partial charge in [-0.1, -0.05) is 17.3 Å². The van der Waals surface area contributed by atoms with Crippen LogP contribution in [0.3, 0.4) is 0 Å². The molecule has 0 N–H and O–H groups in total. The summed E-state index contributed by atoms with van der Waals surface area (Å²) in [5, 5.41) is 3.73. The maximum absolute atomic E-state index is 13.6. The minimum Gasteiger partial charge on any atom is -0.452 e. The second kappa shape index (κ2) is 7.10. The molecule has 0 bridgehead atoms. The Kier molecular flexibility index (Phi) is 4.89. The van der Waals surface area contributed by atoms with Crippen LogP contribution in [0.2, 0.25) is 0 Å². The molecule has 1 heterocycles. The van der Waals surface area contributed by atoms with E-state index >= 15 is 0 Å². The van der Waals surface area contributed by atoms with Crippen molar-refractivity contribution in [3.8, 4) is 11.4 Å². The zero-order valence-electron chi connectivity index (χ0n) is 12.9. The lowest BCUT2D eigenvalue weighted by Gasteiger charge is -2.04. The number of ether oxygens (including phenoxy) is 1. The molecule has 3 rings (SSSR count). The van der Waals surface area contributed by atoms with E-state index in [2.05, 4.69) is 26.1 Å². The predicted octanol–water partition coefficient (Wildman–Crippen LogP) is 4.44. The number of benzene rings is 2. The molecule has 0 fully saturated rings. The van der Waals surface area contributed by atoms with E-state index in [4.69, 9.17) is 9.26 Å². The fourth-order valence-corrected chi connectivity index (χ4v) is 2.54. The van der Waals surface area contributed by atoms with Gasteiger partial charge in [0.2, 0.25) is 5.82 Å². The van der Waals surface area contributed by atoms with Gasteiger partial charge in [-0.25, -0.2) is 13.6 Å². The molecule has 128 valence electrons. The van der Waals surface area contributed by atoms with E-state index in [-0.39, 0.29) is 34.2 Å². The molecule has 0 aliphatic heterocycles. The van der Waals surface area contributed by atoms with Crippen molar-refractivity contribution in [2.24, 2.45) is 0 Å². The number of esters is 1. The first kappa shape index (κ1) is 17.2. The molecule has 0 saturated heterocycles. The van der Waals surface area contributed by atoms with E-state index in [1.54, 1.807) is 19.1 Å². The molecule has 0 spiro atoms. The summed E-state index contributed by atoms with van der Waals surface area (Å²) in [5.41, 5.74) is 1.12. The molecule has 0 saturated carbocycles. The maximum atomic E-state index is 13.6. The van der Waals surface area contributed by atoms with Crippen molar-refractivity contribution in [2.45, 2.75) is 13.5 Å². The molecule has 0 unspecified atom stereocenters. The predicted molar refractivity (Wildman–Crippen MR) is 87.6 cm³/mol. The first-order chi connectivity index (χ1) is 11.9. The van der Waals surface area contributed by atoms with Gasteiger partial charge in [-0.2, -0.15) is 4.98 Å². The second-order valence-electron chi connectivity index (χ2n) is 5.18. The summed E-state index contributed by atoms with van der Waals surface area (Å²) in [6, 6.07) is 8.18. The Bertz CT molecular complexity index is 943. The van der Waals surface area contributed by atoms with E-state index in [0.29, 0.717) is 11.1 Å². The Balaban J connectivity index is 1.69. The zero-order chi connectivity index (χ0) is 18.0. The molecule has 0 aliphatic carbocycles. The summed E-state index contributed by atoms with van der Waals surface area (Å²) in [5.74, 6) is -1.28. The van der Waals surface area contributed by atoms with Crippen LogP contribution in [0.25, 0.3) is 11.4 Å². The fraction of sp³-hybridized carbons (Fsp3) is 0.118. The molecule has 1 aromatic heterocycles. The third-order valence-corrected chi connectivity index (χ3v) is 4.03. The van der Waals surface area contributed by atoms with Crippen molar-refractivity contribution in [2.75, 3.05) is 0 Å². The van der Waals surface area contributed by atoms with Gasteiger partial charge >= 0.3 is 5.97 Å². The Morgan fingerprint density at radius 2 is 2.04 bits per heavy atom. The number of aromatic nitrogens is 2. The van der Waals surface area contributed by atoms with Gasteiger partial charge in [-0.3, -0.25) is 0 Å². The maximum Gasteiger partial charge on any atom is 0.339 e. The Hall–Kier alpha value is -2.61. The lowest BCUT2D eigenvalue weighted by Crippen LogP contribution is -2.06. The van der Waals surface area contributed by atoms with Crippen LogP contribution in [-0.2, 0) is 11.3 Å². The Morgan fingerprint density at radius 3 is 2.76 bits per heavy atom. The average Bonchev–Trinajstić information content (AvgIpc) is 3.04. The van der Waals surface area contributed by atoms with Crippen molar-refractivity contribution in [3.63, 3.8) is 0 Å². The van der Waals surface area contributed by atoms with Crippen LogP contribution in [-0.4, -0.2) is 16.1 Å². The monoisotopic (exact) mass is 408 g/mol. The summed E-state index contributed by atoms with van der Waals surface area (Å²) in [7, 11) is 0. The lowest BCUT2D eigenvalue weighted by molar-refractivity contribution is 0.0428. The number of nitrogens with zero attached hydrogens (tertiary/aromatic N) is 2. The molecule has 0 aliphatic rings. The molecule has 8 heteroatoms. The fourth-order valence-electron chi connectivity index (χ4n) is 2.02. The number of carbonyl (C=O) groups excluding carboxylic acids is 1. The van der Waals surface area contributed by atoms with Crippen LogP contribution in [0.1, 0.15) is 21.8 Å². The number of hydrogen-bond donors (Lipinski definition) is 0. The molecule has 0 amide bonds. The van der Waals surface area contributed by atoms with E-state index in [0.717, 1.165) is 12.1 Å². The Labute approximate surface area is 149 Å². The summed E-state index contributed by atoms with van der Waals surface area (Å²) in [4.78, 5) is 16.1. The number of carbonyl (C=O) groups is 1. The SMILES string of the molecule is Cc1ccc(-c2noc(COC(=O)c3ccc(F)cc3Br)n2)cc1F. The minimum absolute atomic E-state index is 0.0579. The number of rotatable bonds is 4. The van der Waals surface area contributed by atoms with Crippen molar-refractivity contribution < 1.29 is 22.8 Å². The van der Waals surface area contributed by atoms with Gasteiger partial charge in [0, 0.05) is 10.0 Å². The average molecular weight is 409 g/mol. The zero-order valence-corrected chi connectivity index (χ0v) is 14.5. The first-order valence-corrected chi connectivity index (χ1v) is 7.94. The number of aryl methyl sites for hydroxylation is 1. The second-order valence-corrected chi connectivity index (χ2v) is 6.03. The van der Waals surface area contributed by atoms with Crippen LogP contribution < -0.4 is 0 Å². The smallest absolute Gasteiger partial charge is 0.339 e. The van der Waals surface area contributed by atoms with E-state index in [1.165, 1.54) is 12.1 Å². The summed E-state index contributed by atoms with van der Waals surface area (Å²) in [6.07, 6.45) is 0. The summed E-state index contributed by atoms with van der Waals surface area (Å²) in [6.45, 7) is 1.39. The van der Waals surface area contributed by atoms with E-state index in [9.17, 15) is 13.6 Å². The molecular formula is C17H11BrF2N2O3. The van der Waals surface area contributed by atoms with Crippen LogP contribution in [0.4, 0.5) is 8.78 Å². The highest BCUT2D eigenvalue weighted by Crippen LogP contribution is 2.21. The van der Waals surface area contributed by atoms with Crippen LogP contribution in [0, 0.1) is 18.6 Å². The van der Waals surface area contributed by atoms with Gasteiger partial charge in [0.1, 0.15) is 11.6 Å². The van der Waals surface area contributed by atoms with Crippen molar-refractivity contribution in [1.82, 2.24) is 10.1 Å². The molecule has 3 aromatic rings. The normalized spacial score (nSPS) is 10.7. The minimum atomic E-state index is -0.673. The van der Waals surface area contributed by atoms with Crippen molar-refractivity contribution in [3.05, 3.63) is 69.5 Å². The first-order valence-electron chi connectivity index (χ1n) is 7.15. The van der Waals surface area contributed by atoms with Gasteiger partial charge in [0.05, 0.1) is 5.56 Å². The van der Waals surface area contributed by atoms with Gasteiger partial charge in [-0.05, 0) is 52.7 Å². The van der Waals surface area contributed by atoms with Gasteiger partial charge in [-0.15, -0.1) is 0 Å². The Morgan fingerprint density at radius 1 is 1.24 bits per heavy atom. The topological polar surface area (TPSA) is 65.2 Å². The number of hydrogen-bond acceptors (Lipinski definition) is 5. The number of halogens is 3. The highest BCUT2D eigenvalue weighted by molar-refractivity contribution is 9.10. The third-order valence-electron chi connectivity index (χ3n) is 3.38. The van der Waals surface area contributed by atoms with Crippen LogP contribution in [0.5, 0.6) is 0 Å². The molecular weight excluding hydrogens is 398 g/mol. The lowest BCUT2D eigenvalue weighted by atomic mass is 10.1. The van der Waals surface area contributed by atoms with Crippen molar-refractivity contribution in [1.29, 1.82) is 0 Å². The highest BCUT2D eigenvalue weighted by Gasteiger charge is 2.15. The molecule has 25 heavy (non-hydrogen) atoms. The quantitative estimate of drug-likeness (QED) is 0.596. The van der Waals surface area contributed by atoms with Crippen molar-refractivity contribution >= 4 is 21.9 Å². The molecule has 2 aromatic carbocycles. The standard InChI is InChI=1S/C17H11BrF2N2O3/c1-9-2-3-10(6-14(9)20)16-21-15(25-22-16)8-24-17(23)12-5-4-11(19)7-13(12)18/h2-7H,8H2,1H3. The van der Waals surface area contributed by atoms with Gasteiger partial charge in [0.25, 0.3) is 5.89 Å². The van der Waals surface area contributed by atoms with Crippen LogP contribution >= 0.6 is 15.9 Å². The van der Waals surface area contributed by atoms with Gasteiger partial charge in [0.15, 0.2) is 6.61 Å². The van der Waals surface area contributed by atoms with E-state index in [1.807, 2.05) is 0 Å². The van der Waals surface area contributed by atoms with E-state index < -0.39 is 11.8 Å². The molecule has 5 nitrogen and oxygen atoms in total. The summed E-state index contributed by atoms with van der Waals surface area (Å²) < 4.78 is 37.0.